The predicted molar refractivity (Wildman–Crippen MR) is 124 cm³/mol. The number of hydrogen-bond donors (Lipinski definition) is 1. The van der Waals surface area contributed by atoms with Gasteiger partial charge in [0.1, 0.15) is 29.0 Å². The number of hydrogen-bond acceptors (Lipinski definition) is 4. The van der Waals surface area contributed by atoms with E-state index in [1.807, 2.05) is 13.8 Å². The molecule has 1 amide bonds. The highest BCUT2D eigenvalue weighted by atomic mass is 19.1. The lowest BCUT2D eigenvalue weighted by atomic mass is 9.95. The van der Waals surface area contributed by atoms with Gasteiger partial charge >= 0.3 is 0 Å². The summed E-state index contributed by atoms with van der Waals surface area (Å²) in [7, 11) is 0. The minimum atomic E-state index is -1.32. The van der Waals surface area contributed by atoms with Crippen LogP contribution in [0.1, 0.15) is 31.0 Å². The zero-order valence-corrected chi connectivity index (χ0v) is 19.0. The second kappa shape index (κ2) is 9.66. The molecule has 3 aromatic rings. The molecule has 1 atom stereocenters. The van der Waals surface area contributed by atoms with E-state index in [1.54, 1.807) is 12.1 Å². The summed E-state index contributed by atoms with van der Waals surface area (Å²) in [6.07, 6.45) is 0. The molecule has 35 heavy (non-hydrogen) atoms. The van der Waals surface area contributed by atoms with E-state index in [0.717, 1.165) is 35.2 Å². The van der Waals surface area contributed by atoms with Gasteiger partial charge in [-0.3, -0.25) is 14.5 Å². The topological polar surface area (TPSA) is 66.8 Å². The maximum Gasteiger partial charge on any atom is 0.300 e. The average molecular weight is 481 g/mol. The van der Waals surface area contributed by atoms with Crippen molar-refractivity contribution in [3.63, 3.8) is 0 Å². The van der Waals surface area contributed by atoms with Gasteiger partial charge in [0.25, 0.3) is 11.7 Å². The molecule has 0 radical (unpaired) electrons. The fourth-order valence-electron chi connectivity index (χ4n) is 3.84. The minimum Gasteiger partial charge on any atom is -0.507 e. The van der Waals surface area contributed by atoms with Gasteiger partial charge in [0.05, 0.1) is 23.9 Å². The molecule has 0 aromatic heterocycles. The molecule has 1 aliphatic heterocycles. The number of ether oxygens (including phenoxy) is 1. The Morgan fingerprint density at radius 3 is 2.20 bits per heavy atom. The van der Waals surface area contributed by atoms with Crippen molar-refractivity contribution < 1.29 is 32.6 Å². The van der Waals surface area contributed by atoms with Crippen LogP contribution in [-0.4, -0.2) is 23.4 Å². The lowest BCUT2D eigenvalue weighted by Gasteiger charge is -2.25. The first-order valence-electron chi connectivity index (χ1n) is 10.9. The van der Waals surface area contributed by atoms with Crippen molar-refractivity contribution in [2.45, 2.75) is 19.9 Å². The molecule has 4 rings (SSSR count). The lowest BCUT2D eigenvalue weighted by Crippen LogP contribution is -2.30. The van der Waals surface area contributed by atoms with Gasteiger partial charge in [-0.15, -0.1) is 0 Å². The molecule has 1 unspecified atom stereocenters. The summed E-state index contributed by atoms with van der Waals surface area (Å²) in [5.41, 5.74) is -0.363. The molecule has 0 bridgehead atoms. The Bertz CT molecular complexity index is 1300. The van der Waals surface area contributed by atoms with Crippen LogP contribution in [0.25, 0.3) is 5.76 Å². The molecule has 1 N–H and O–H groups in total. The standard InChI is InChI=1S/C27H22F3NO4/c1-15(2)14-35-20-10-5-17(6-11-20)25(32)23-24(16-3-7-18(28)8-4-16)31(27(34)26(23)33)22-13-19(29)9-12-21(22)30/h3-13,15,24,32H,14H2,1-2H3/b25-23+. The number of carbonyl (C=O) groups is 2. The van der Waals surface area contributed by atoms with Crippen molar-refractivity contribution in [1.82, 2.24) is 0 Å². The Morgan fingerprint density at radius 2 is 1.57 bits per heavy atom. The number of aliphatic hydroxyl groups is 1. The molecular formula is C27H22F3NO4. The van der Waals surface area contributed by atoms with Gasteiger partial charge < -0.3 is 9.84 Å². The van der Waals surface area contributed by atoms with Crippen molar-refractivity contribution in [3.8, 4) is 5.75 Å². The van der Waals surface area contributed by atoms with E-state index in [4.69, 9.17) is 4.74 Å². The number of Topliss-reactive ketones (excluding diaryl/α,β-unsaturated/α-hetero) is 1. The smallest absolute Gasteiger partial charge is 0.300 e. The van der Waals surface area contributed by atoms with Crippen LogP contribution in [0.15, 0.2) is 72.3 Å². The van der Waals surface area contributed by atoms with E-state index in [1.165, 1.54) is 24.3 Å². The van der Waals surface area contributed by atoms with Crippen LogP contribution in [0, 0.1) is 23.4 Å². The molecule has 1 heterocycles. The molecule has 8 heteroatoms. The van der Waals surface area contributed by atoms with Crippen molar-refractivity contribution in [2.24, 2.45) is 5.92 Å². The molecule has 1 aliphatic rings. The van der Waals surface area contributed by atoms with Crippen LogP contribution in [0.3, 0.4) is 0 Å². The highest BCUT2D eigenvalue weighted by molar-refractivity contribution is 6.51. The normalized spacial score (nSPS) is 17.3. The first kappa shape index (κ1) is 24.1. The van der Waals surface area contributed by atoms with E-state index in [-0.39, 0.29) is 16.7 Å². The second-order valence-corrected chi connectivity index (χ2v) is 8.55. The average Bonchev–Trinajstić information content (AvgIpc) is 3.10. The Kier molecular flexibility index (Phi) is 6.64. The van der Waals surface area contributed by atoms with Crippen molar-refractivity contribution >= 4 is 23.1 Å². The third kappa shape index (κ3) is 4.77. The Labute approximate surface area is 200 Å². The highest BCUT2D eigenvalue weighted by Gasteiger charge is 2.47. The van der Waals surface area contributed by atoms with Gasteiger partial charge in [0, 0.05) is 11.6 Å². The highest BCUT2D eigenvalue weighted by Crippen LogP contribution is 2.43. The van der Waals surface area contributed by atoms with Crippen molar-refractivity contribution in [1.29, 1.82) is 0 Å². The summed E-state index contributed by atoms with van der Waals surface area (Å²) in [5.74, 6) is -4.22. The van der Waals surface area contributed by atoms with E-state index in [0.29, 0.717) is 18.3 Å². The third-order valence-corrected chi connectivity index (χ3v) is 5.51. The summed E-state index contributed by atoms with van der Waals surface area (Å²) in [5, 5.41) is 11.1. The summed E-state index contributed by atoms with van der Waals surface area (Å²) >= 11 is 0. The molecule has 3 aromatic carbocycles. The minimum absolute atomic E-state index is 0.215. The van der Waals surface area contributed by atoms with Gasteiger partial charge in [0.2, 0.25) is 0 Å². The number of benzene rings is 3. The first-order valence-corrected chi connectivity index (χ1v) is 10.9. The monoisotopic (exact) mass is 481 g/mol. The molecule has 1 saturated heterocycles. The zero-order chi connectivity index (χ0) is 25.3. The number of aliphatic hydroxyl groups excluding tert-OH is 1. The number of amides is 1. The second-order valence-electron chi connectivity index (χ2n) is 8.55. The van der Waals surface area contributed by atoms with Crippen LogP contribution < -0.4 is 9.64 Å². The first-order chi connectivity index (χ1) is 16.7. The van der Waals surface area contributed by atoms with Gasteiger partial charge in [-0.1, -0.05) is 26.0 Å². The molecular weight excluding hydrogens is 459 g/mol. The van der Waals surface area contributed by atoms with Crippen LogP contribution in [0.2, 0.25) is 0 Å². The molecule has 5 nitrogen and oxygen atoms in total. The van der Waals surface area contributed by atoms with Gasteiger partial charge in [-0.2, -0.15) is 0 Å². The van der Waals surface area contributed by atoms with E-state index in [9.17, 15) is 27.9 Å². The number of nitrogens with zero attached hydrogens (tertiary/aromatic N) is 1. The molecule has 1 fully saturated rings. The van der Waals surface area contributed by atoms with Gasteiger partial charge in [-0.05, 0) is 60.0 Å². The molecule has 0 spiro atoms. The maximum absolute atomic E-state index is 14.7. The Morgan fingerprint density at radius 1 is 0.943 bits per heavy atom. The molecule has 0 aliphatic carbocycles. The van der Waals surface area contributed by atoms with Crippen molar-refractivity contribution in [2.75, 3.05) is 11.5 Å². The summed E-state index contributed by atoms with van der Waals surface area (Å²) in [4.78, 5) is 26.9. The molecule has 0 saturated carbocycles. The van der Waals surface area contributed by atoms with Crippen LogP contribution in [0.5, 0.6) is 5.75 Å². The van der Waals surface area contributed by atoms with E-state index in [2.05, 4.69) is 0 Å². The van der Waals surface area contributed by atoms with E-state index >= 15 is 0 Å². The maximum atomic E-state index is 14.7. The molecule has 180 valence electrons. The van der Waals surface area contributed by atoms with Gasteiger partial charge in [0.15, 0.2) is 0 Å². The zero-order valence-electron chi connectivity index (χ0n) is 19.0. The van der Waals surface area contributed by atoms with E-state index < -0.39 is 46.6 Å². The van der Waals surface area contributed by atoms with Crippen LogP contribution in [0.4, 0.5) is 18.9 Å². The number of rotatable bonds is 6. The fraction of sp³-hybridized carbons (Fsp3) is 0.185. The number of halogens is 3. The fourth-order valence-corrected chi connectivity index (χ4v) is 3.84. The third-order valence-electron chi connectivity index (χ3n) is 5.51. The van der Waals surface area contributed by atoms with Gasteiger partial charge in [-0.25, -0.2) is 13.2 Å². The van der Waals surface area contributed by atoms with Crippen LogP contribution in [-0.2, 0) is 9.59 Å². The summed E-state index contributed by atoms with van der Waals surface area (Å²) in [6.45, 7) is 4.48. The largest absolute Gasteiger partial charge is 0.507 e. The SMILES string of the molecule is CC(C)COc1ccc(/C(O)=C2\C(=O)C(=O)N(c3cc(F)ccc3F)C2c2ccc(F)cc2)cc1. The summed E-state index contributed by atoms with van der Waals surface area (Å²) < 4.78 is 47.9. The van der Waals surface area contributed by atoms with Crippen LogP contribution >= 0.6 is 0 Å². The number of ketones is 1. The number of anilines is 1. The summed E-state index contributed by atoms with van der Waals surface area (Å²) in [6, 6.07) is 12.3. The van der Waals surface area contributed by atoms with Crippen molar-refractivity contribution in [3.05, 3.63) is 101 Å². The predicted octanol–water partition coefficient (Wildman–Crippen LogP) is 5.77. The lowest BCUT2D eigenvalue weighted by molar-refractivity contribution is -0.132. The Balaban J connectivity index is 1.85. The number of carbonyl (C=O) groups excluding carboxylic acids is 2. The quantitative estimate of drug-likeness (QED) is 0.276. The Hall–Kier alpha value is -4.07.